The van der Waals surface area contributed by atoms with Gasteiger partial charge >= 0.3 is 0 Å². The van der Waals surface area contributed by atoms with Gasteiger partial charge in [0, 0.05) is 17.0 Å². The maximum absolute atomic E-state index is 13.3. The topological polar surface area (TPSA) is 66.4 Å². The van der Waals surface area contributed by atoms with Gasteiger partial charge in [-0.05, 0) is 46.5 Å². The lowest BCUT2D eigenvalue weighted by Crippen LogP contribution is -2.40. The molecule has 1 atom stereocenters. The fourth-order valence-corrected chi connectivity index (χ4v) is 4.92. The van der Waals surface area contributed by atoms with Crippen LogP contribution in [0.4, 0.5) is 4.39 Å². The van der Waals surface area contributed by atoms with E-state index >= 15 is 0 Å². The molecule has 24 heavy (non-hydrogen) atoms. The van der Waals surface area contributed by atoms with Crippen molar-refractivity contribution in [2.45, 2.75) is 10.5 Å². The third-order valence-corrected chi connectivity index (χ3v) is 6.66. The standard InChI is InChI=1S/C16H14FNO3S3/c17-13-3-1-4-14(9-13)24(20,21)18-11-16(19,12-6-8-22-10-12)15-5-2-7-23-15/h1-10,18-19H,11H2. The zero-order chi connectivity index (χ0) is 17.2. The van der Waals surface area contributed by atoms with E-state index in [1.165, 1.54) is 40.9 Å². The smallest absolute Gasteiger partial charge is 0.240 e. The molecule has 0 aliphatic heterocycles. The first-order valence-electron chi connectivity index (χ1n) is 6.96. The van der Waals surface area contributed by atoms with Crippen LogP contribution >= 0.6 is 22.7 Å². The van der Waals surface area contributed by atoms with E-state index in [0.29, 0.717) is 10.4 Å². The first kappa shape index (κ1) is 17.2. The molecule has 0 saturated carbocycles. The van der Waals surface area contributed by atoms with Crippen molar-refractivity contribution in [3.8, 4) is 0 Å². The van der Waals surface area contributed by atoms with E-state index in [1.807, 2.05) is 10.8 Å². The summed E-state index contributed by atoms with van der Waals surface area (Å²) < 4.78 is 40.4. The van der Waals surface area contributed by atoms with Crippen molar-refractivity contribution in [1.82, 2.24) is 4.72 Å². The van der Waals surface area contributed by atoms with Gasteiger partial charge in [-0.1, -0.05) is 12.1 Å². The Morgan fingerprint density at radius 1 is 1.17 bits per heavy atom. The Morgan fingerprint density at radius 3 is 2.62 bits per heavy atom. The second-order valence-corrected chi connectivity index (χ2v) is 8.63. The van der Waals surface area contributed by atoms with Crippen LogP contribution in [0.2, 0.25) is 0 Å². The van der Waals surface area contributed by atoms with E-state index in [0.717, 1.165) is 6.07 Å². The maximum atomic E-state index is 13.3. The highest BCUT2D eigenvalue weighted by Gasteiger charge is 2.34. The zero-order valence-corrected chi connectivity index (χ0v) is 14.8. The van der Waals surface area contributed by atoms with E-state index in [-0.39, 0.29) is 11.4 Å². The van der Waals surface area contributed by atoms with Crippen molar-refractivity contribution < 1.29 is 17.9 Å². The molecule has 0 spiro atoms. The molecule has 0 saturated heterocycles. The predicted molar refractivity (Wildman–Crippen MR) is 93.2 cm³/mol. The van der Waals surface area contributed by atoms with Gasteiger partial charge in [0.25, 0.3) is 0 Å². The van der Waals surface area contributed by atoms with Crippen LogP contribution in [0.3, 0.4) is 0 Å². The van der Waals surface area contributed by atoms with Crippen LogP contribution in [0.25, 0.3) is 0 Å². The first-order valence-corrected chi connectivity index (χ1v) is 10.3. The Balaban J connectivity index is 1.90. The Bertz CT molecular complexity index is 872. The first-order chi connectivity index (χ1) is 11.4. The van der Waals surface area contributed by atoms with E-state index in [4.69, 9.17) is 0 Å². The summed E-state index contributed by atoms with van der Waals surface area (Å²) in [5, 5.41) is 16.5. The van der Waals surface area contributed by atoms with Crippen LogP contribution in [0.15, 0.2) is 63.5 Å². The summed E-state index contributed by atoms with van der Waals surface area (Å²) in [4.78, 5) is 0.448. The molecule has 0 radical (unpaired) electrons. The van der Waals surface area contributed by atoms with Gasteiger partial charge < -0.3 is 5.11 Å². The second kappa shape index (κ2) is 6.73. The van der Waals surface area contributed by atoms with Gasteiger partial charge in [-0.25, -0.2) is 17.5 Å². The zero-order valence-electron chi connectivity index (χ0n) is 12.3. The van der Waals surface area contributed by atoms with E-state index in [1.54, 1.807) is 23.6 Å². The van der Waals surface area contributed by atoms with Gasteiger partial charge in [-0.3, -0.25) is 0 Å². The number of hydrogen-bond acceptors (Lipinski definition) is 5. The molecule has 0 aliphatic rings. The summed E-state index contributed by atoms with van der Waals surface area (Å²) in [5.74, 6) is -0.635. The fourth-order valence-electron chi connectivity index (χ4n) is 2.26. The molecule has 3 rings (SSSR count). The van der Waals surface area contributed by atoms with Gasteiger partial charge in [-0.2, -0.15) is 11.3 Å². The van der Waals surface area contributed by atoms with Gasteiger partial charge in [0.1, 0.15) is 11.4 Å². The van der Waals surface area contributed by atoms with Crippen LogP contribution in [-0.4, -0.2) is 20.1 Å². The minimum atomic E-state index is -3.94. The van der Waals surface area contributed by atoms with Gasteiger partial charge in [0.2, 0.25) is 10.0 Å². The second-order valence-electron chi connectivity index (χ2n) is 5.13. The molecule has 0 bridgehead atoms. The molecule has 0 aliphatic carbocycles. The van der Waals surface area contributed by atoms with Gasteiger partial charge in [0.05, 0.1) is 4.90 Å². The molecule has 1 unspecified atom stereocenters. The predicted octanol–water partition coefficient (Wildman–Crippen LogP) is 3.16. The summed E-state index contributed by atoms with van der Waals surface area (Å²) in [6.07, 6.45) is 0. The number of rotatable bonds is 6. The van der Waals surface area contributed by atoms with Crippen molar-refractivity contribution in [3.63, 3.8) is 0 Å². The van der Waals surface area contributed by atoms with Crippen molar-refractivity contribution >= 4 is 32.7 Å². The lowest BCUT2D eigenvalue weighted by atomic mass is 9.95. The summed E-state index contributed by atoms with van der Waals surface area (Å²) in [6, 6.07) is 10.0. The SMILES string of the molecule is O=S(=O)(NCC(O)(c1ccsc1)c1cccs1)c1cccc(F)c1. The third kappa shape index (κ3) is 3.42. The Kier molecular flexibility index (Phi) is 4.84. The van der Waals surface area contributed by atoms with Gasteiger partial charge in [0.15, 0.2) is 0 Å². The van der Waals surface area contributed by atoms with Crippen LogP contribution in [0, 0.1) is 5.82 Å². The lowest BCUT2D eigenvalue weighted by Gasteiger charge is -2.26. The van der Waals surface area contributed by atoms with E-state index in [2.05, 4.69) is 4.72 Å². The highest BCUT2D eigenvalue weighted by Crippen LogP contribution is 2.33. The molecular weight excluding hydrogens is 369 g/mol. The highest BCUT2D eigenvalue weighted by molar-refractivity contribution is 7.89. The molecule has 8 heteroatoms. The van der Waals surface area contributed by atoms with Crippen LogP contribution in [0.5, 0.6) is 0 Å². The average Bonchev–Trinajstić information content (AvgIpc) is 3.26. The molecule has 2 heterocycles. The average molecular weight is 383 g/mol. The van der Waals surface area contributed by atoms with Crippen LogP contribution in [0.1, 0.15) is 10.4 Å². The summed E-state index contributed by atoms with van der Waals surface area (Å²) in [5.41, 5.74) is -0.869. The number of halogens is 1. The number of aliphatic hydroxyl groups is 1. The number of nitrogens with one attached hydrogen (secondary N) is 1. The largest absolute Gasteiger partial charge is 0.378 e. The highest BCUT2D eigenvalue weighted by atomic mass is 32.2. The Morgan fingerprint density at radius 2 is 2.00 bits per heavy atom. The van der Waals surface area contributed by atoms with Crippen molar-refractivity contribution in [3.05, 3.63) is 74.9 Å². The summed E-state index contributed by atoms with van der Waals surface area (Å²) in [6.45, 7) is -0.247. The Labute approximate surface area is 147 Å². The molecule has 126 valence electrons. The maximum Gasteiger partial charge on any atom is 0.240 e. The number of hydrogen-bond donors (Lipinski definition) is 2. The summed E-state index contributed by atoms with van der Waals surface area (Å²) in [7, 11) is -3.94. The van der Waals surface area contributed by atoms with Crippen molar-refractivity contribution in [2.24, 2.45) is 0 Å². The Hall–Kier alpha value is -1.58. The number of thiophene rings is 2. The molecular formula is C16H14FNO3S3. The monoisotopic (exact) mass is 383 g/mol. The van der Waals surface area contributed by atoms with E-state index in [9.17, 15) is 17.9 Å². The van der Waals surface area contributed by atoms with Crippen LogP contribution in [-0.2, 0) is 15.6 Å². The van der Waals surface area contributed by atoms with Crippen molar-refractivity contribution in [2.75, 3.05) is 6.54 Å². The van der Waals surface area contributed by atoms with E-state index < -0.39 is 21.4 Å². The molecule has 2 aromatic heterocycles. The molecule has 2 N–H and O–H groups in total. The third-order valence-electron chi connectivity index (χ3n) is 3.55. The van der Waals surface area contributed by atoms with Crippen LogP contribution < -0.4 is 4.72 Å². The molecule has 0 fully saturated rings. The minimum Gasteiger partial charge on any atom is -0.378 e. The molecule has 4 nitrogen and oxygen atoms in total. The number of benzene rings is 1. The summed E-state index contributed by atoms with van der Waals surface area (Å²) >= 11 is 2.75. The molecule has 3 aromatic rings. The van der Waals surface area contributed by atoms with Gasteiger partial charge in [-0.15, -0.1) is 11.3 Å². The van der Waals surface area contributed by atoms with Crippen molar-refractivity contribution in [1.29, 1.82) is 0 Å². The lowest BCUT2D eigenvalue weighted by molar-refractivity contribution is 0.0903. The fraction of sp³-hybridized carbons (Fsp3) is 0.125. The minimum absolute atomic E-state index is 0.179. The normalized spacial score (nSPS) is 14.4. The molecule has 1 aromatic carbocycles. The molecule has 0 amide bonds. The number of sulfonamides is 1. The quantitative estimate of drug-likeness (QED) is 0.687.